The summed E-state index contributed by atoms with van der Waals surface area (Å²) in [5.41, 5.74) is 2.67. The molecule has 0 saturated carbocycles. The van der Waals surface area contributed by atoms with Crippen LogP contribution in [0.2, 0.25) is 0 Å². The van der Waals surface area contributed by atoms with Gasteiger partial charge in [-0.25, -0.2) is 4.79 Å². The van der Waals surface area contributed by atoms with Gasteiger partial charge in [0.15, 0.2) is 5.58 Å². The van der Waals surface area contributed by atoms with E-state index in [9.17, 15) is 4.79 Å². The largest absolute Gasteiger partial charge is 0.419 e. The van der Waals surface area contributed by atoms with E-state index in [2.05, 4.69) is 17.3 Å². The van der Waals surface area contributed by atoms with E-state index < -0.39 is 0 Å². The monoisotopic (exact) mass is 314 g/mol. The van der Waals surface area contributed by atoms with E-state index in [-0.39, 0.29) is 5.76 Å². The van der Waals surface area contributed by atoms with Crippen molar-refractivity contribution in [3.63, 3.8) is 0 Å². The Hall–Kier alpha value is -2.34. The number of fused-ring (bicyclic) bond motifs is 1. The lowest BCUT2D eigenvalue weighted by Gasteiger charge is -2.13. The molecule has 3 rings (SSSR count). The van der Waals surface area contributed by atoms with Crippen molar-refractivity contribution in [1.29, 1.82) is 0 Å². The predicted octanol–water partition coefficient (Wildman–Crippen LogP) is 2.17. The molecule has 0 saturated heterocycles. The molecule has 0 amide bonds. The molecule has 0 spiro atoms. The van der Waals surface area contributed by atoms with Gasteiger partial charge in [0.2, 0.25) is 0 Å². The van der Waals surface area contributed by atoms with E-state index in [1.54, 1.807) is 4.57 Å². The van der Waals surface area contributed by atoms with Crippen molar-refractivity contribution in [1.82, 2.24) is 19.7 Å². The number of nitrogens with zero attached hydrogens (tertiary/aromatic N) is 3. The van der Waals surface area contributed by atoms with Crippen molar-refractivity contribution >= 4 is 11.1 Å². The molecule has 0 radical (unpaired) electrons. The Morgan fingerprint density at radius 1 is 1.35 bits per heavy atom. The van der Waals surface area contributed by atoms with Crippen LogP contribution in [0, 0.1) is 6.92 Å². The SMILES string of the molecule is Cc1cnn(C[C@@H](C)NCCCn2c(=O)oc3ccccc32)c1. The smallest absolute Gasteiger partial charge is 0.408 e. The highest BCUT2D eigenvalue weighted by Crippen LogP contribution is 2.11. The number of para-hydroxylation sites is 2. The number of hydrogen-bond acceptors (Lipinski definition) is 4. The topological polar surface area (TPSA) is 65.0 Å². The van der Waals surface area contributed by atoms with Gasteiger partial charge in [0.25, 0.3) is 0 Å². The van der Waals surface area contributed by atoms with Crippen molar-refractivity contribution < 1.29 is 4.42 Å². The molecular formula is C17H22N4O2. The zero-order valence-electron chi connectivity index (χ0n) is 13.5. The summed E-state index contributed by atoms with van der Waals surface area (Å²) >= 11 is 0. The molecule has 0 fully saturated rings. The van der Waals surface area contributed by atoms with Gasteiger partial charge in [-0.3, -0.25) is 9.25 Å². The molecule has 2 aromatic heterocycles. The van der Waals surface area contributed by atoms with Crippen LogP contribution in [0.3, 0.4) is 0 Å². The average molecular weight is 314 g/mol. The molecule has 23 heavy (non-hydrogen) atoms. The van der Waals surface area contributed by atoms with Crippen molar-refractivity contribution in [2.45, 2.75) is 39.4 Å². The number of oxazole rings is 1. The van der Waals surface area contributed by atoms with E-state index >= 15 is 0 Å². The maximum Gasteiger partial charge on any atom is 0.419 e. The van der Waals surface area contributed by atoms with Crippen LogP contribution in [-0.4, -0.2) is 26.9 Å². The van der Waals surface area contributed by atoms with Gasteiger partial charge in [0.1, 0.15) is 0 Å². The van der Waals surface area contributed by atoms with E-state index in [1.807, 2.05) is 48.3 Å². The lowest BCUT2D eigenvalue weighted by Crippen LogP contribution is -2.32. The number of rotatable bonds is 7. The highest BCUT2D eigenvalue weighted by Gasteiger charge is 2.08. The number of aryl methyl sites for hydroxylation is 2. The minimum Gasteiger partial charge on any atom is -0.408 e. The van der Waals surface area contributed by atoms with Crippen LogP contribution < -0.4 is 11.1 Å². The fraction of sp³-hybridized carbons (Fsp3) is 0.412. The second kappa shape index (κ2) is 6.83. The molecule has 2 heterocycles. The van der Waals surface area contributed by atoms with Gasteiger partial charge in [-0.05, 0) is 44.5 Å². The van der Waals surface area contributed by atoms with Crippen LogP contribution in [-0.2, 0) is 13.1 Å². The lowest BCUT2D eigenvalue weighted by molar-refractivity contribution is 0.434. The van der Waals surface area contributed by atoms with Gasteiger partial charge in [-0.2, -0.15) is 5.10 Å². The normalized spacial score (nSPS) is 12.8. The van der Waals surface area contributed by atoms with Gasteiger partial charge in [0.05, 0.1) is 18.3 Å². The summed E-state index contributed by atoms with van der Waals surface area (Å²) in [4.78, 5) is 11.9. The molecule has 6 nitrogen and oxygen atoms in total. The molecule has 0 aliphatic carbocycles. The van der Waals surface area contributed by atoms with Crippen LogP contribution in [0.25, 0.3) is 11.1 Å². The maximum atomic E-state index is 11.9. The highest BCUT2D eigenvalue weighted by molar-refractivity contribution is 5.72. The van der Waals surface area contributed by atoms with Crippen LogP contribution in [0.4, 0.5) is 0 Å². The average Bonchev–Trinajstić information content (AvgIpc) is 3.06. The van der Waals surface area contributed by atoms with Gasteiger partial charge in [-0.15, -0.1) is 0 Å². The number of hydrogen-bond donors (Lipinski definition) is 1. The number of aromatic nitrogens is 3. The Morgan fingerprint density at radius 3 is 2.96 bits per heavy atom. The van der Waals surface area contributed by atoms with E-state index in [0.717, 1.165) is 25.0 Å². The van der Waals surface area contributed by atoms with Gasteiger partial charge < -0.3 is 9.73 Å². The Morgan fingerprint density at radius 2 is 2.17 bits per heavy atom. The second-order valence-corrected chi connectivity index (χ2v) is 5.94. The summed E-state index contributed by atoms with van der Waals surface area (Å²) in [6.45, 7) is 6.50. The minimum atomic E-state index is -0.286. The molecule has 0 aliphatic rings. The second-order valence-electron chi connectivity index (χ2n) is 5.94. The summed E-state index contributed by atoms with van der Waals surface area (Å²) in [5, 5.41) is 7.75. The molecule has 0 bridgehead atoms. The third-order valence-corrected chi connectivity index (χ3v) is 3.85. The van der Waals surface area contributed by atoms with Crippen molar-refractivity contribution in [3.05, 3.63) is 52.8 Å². The zero-order chi connectivity index (χ0) is 16.2. The Labute approximate surface area is 134 Å². The first kappa shape index (κ1) is 15.6. The molecule has 6 heteroatoms. The van der Waals surface area contributed by atoms with E-state index in [0.29, 0.717) is 18.2 Å². The minimum absolute atomic E-state index is 0.286. The predicted molar refractivity (Wildman–Crippen MR) is 89.5 cm³/mol. The molecule has 1 N–H and O–H groups in total. The first-order valence-corrected chi connectivity index (χ1v) is 7.94. The standard InChI is InChI=1S/C17H22N4O2/c1-13-10-19-20(11-13)12-14(2)18-8-5-9-21-15-6-3-4-7-16(15)23-17(21)22/h3-4,6-7,10-11,14,18H,5,8-9,12H2,1-2H3/t14-/m1/s1. The van der Waals surface area contributed by atoms with Crippen LogP contribution in [0.5, 0.6) is 0 Å². The maximum absolute atomic E-state index is 11.9. The van der Waals surface area contributed by atoms with E-state index in [1.165, 1.54) is 5.56 Å². The zero-order valence-corrected chi connectivity index (χ0v) is 13.5. The van der Waals surface area contributed by atoms with Crippen molar-refractivity contribution in [2.75, 3.05) is 6.54 Å². The quantitative estimate of drug-likeness (QED) is 0.679. The molecule has 3 aromatic rings. The van der Waals surface area contributed by atoms with Gasteiger partial charge in [0, 0.05) is 18.8 Å². The Balaban J connectivity index is 1.49. The Bertz CT molecular complexity index is 830. The summed E-state index contributed by atoms with van der Waals surface area (Å²) in [5.74, 6) is -0.286. The number of nitrogens with one attached hydrogen (secondary N) is 1. The fourth-order valence-corrected chi connectivity index (χ4v) is 2.72. The number of benzene rings is 1. The highest BCUT2D eigenvalue weighted by atomic mass is 16.4. The molecule has 0 aliphatic heterocycles. The van der Waals surface area contributed by atoms with E-state index in [4.69, 9.17) is 4.42 Å². The summed E-state index contributed by atoms with van der Waals surface area (Å²) < 4.78 is 8.87. The fourth-order valence-electron chi connectivity index (χ4n) is 2.72. The third kappa shape index (κ3) is 3.71. The van der Waals surface area contributed by atoms with Gasteiger partial charge in [-0.1, -0.05) is 12.1 Å². The summed E-state index contributed by atoms with van der Waals surface area (Å²) in [6.07, 6.45) is 4.77. The van der Waals surface area contributed by atoms with Crippen molar-refractivity contribution in [2.24, 2.45) is 0 Å². The Kier molecular flexibility index (Phi) is 4.62. The van der Waals surface area contributed by atoms with Crippen LogP contribution in [0.1, 0.15) is 18.9 Å². The molecule has 1 aromatic carbocycles. The molecular weight excluding hydrogens is 292 g/mol. The first-order valence-electron chi connectivity index (χ1n) is 7.94. The van der Waals surface area contributed by atoms with Crippen molar-refractivity contribution in [3.8, 4) is 0 Å². The summed E-state index contributed by atoms with van der Waals surface area (Å²) in [7, 11) is 0. The van der Waals surface area contributed by atoms with Crippen LogP contribution >= 0.6 is 0 Å². The third-order valence-electron chi connectivity index (χ3n) is 3.85. The first-order chi connectivity index (χ1) is 11.1. The van der Waals surface area contributed by atoms with Gasteiger partial charge >= 0.3 is 5.76 Å². The van der Waals surface area contributed by atoms with Crippen LogP contribution in [0.15, 0.2) is 45.9 Å². The lowest BCUT2D eigenvalue weighted by atomic mass is 10.3. The molecule has 122 valence electrons. The summed E-state index contributed by atoms with van der Waals surface area (Å²) in [6, 6.07) is 7.85. The molecule has 1 atom stereocenters. The molecule has 0 unspecified atom stereocenters.